The number of ketones is 1. The summed E-state index contributed by atoms with van der Waals surface area (Å²) >= 11 is 0. The van der Waals surface area contributed by atoms with Gasteiger partial charge < -0.3 is 23.8 Å². The molecule has 5 rings (SSSR count). The van der Waals surface area contributed by atoms with E-state index < -0.39 is 5.60 Å². The van der Waals surface area contributed by atoms with E-state index in [4.69, 9.17) is 18.9 Å². The summed E-state index contributed by atoms with van der Waals surface area (Å²) in [7, 11) is 1.57. The smallest absolute Gasteiger partial charge is 0.253 e. The predicted molar refractivity (Wildman–Crippen MR) is 103 cm³/mol. The molecule has 2 aromatic rings. The van der Waals surface area contributed by atoms with Crippen LogP contribution in [0.5, 0.6) is 23.0 Å². The van der Waals surface area contributed by atoms with Crippen molar-refractivity contribution in [1.29, 1.82) is 0 Å². The molecule has 0 unspecified atom stereocenters. The number of ether oxygens (including phenoxy) is 4. The number of benzene rings is 2. The Morgan fingerprint density at radius 2 is 1.79 bits per heavy atom. The zero-order chi connectivity index (χ0) is 20.0. The van der Waals surface area contributed by atoms with Crippen molar-refractivity contribution in [3.8, 4) is 23.0 Å². The third-order valence-electron chi connectivity index (χ3n) is 5.88. The number of piperidine rings is 1. The number of fused-ring (bicyclic) bond motifs is 2. The minimum Gasteiger partial charge on any atom is -0.497 e. The molecule has 2 aromatic carbocycles. The van der Waals surface area contributed by atoms with Gasteiger partial charge in [0, 0.05) is 31.5 Å². The summed E-state index contributed by atoms with van der Waals surface area (Å²) in [6.45, 7) is 1.25. The molecule has 1 fully saturated rings. The van der Waals surface area contributed by atoms with Crippen LogP contribution in [0.2, 0.25) is 0 Å². The number of likely N-dealkylation sites (tertiary alicyclic amines) is 1. The van der Waals surface area contributed by atoms with Gasteiger partial charge in [-0.1, -0.05) is 0 Å². The quantitative estimate of drug-likeness (QED) is 0.778. The molecule has 0 saturated carbocycles. The average Bonchev–Trinajstić information content (AvgIpc) is 3.21. The summed E-state index contributed by atoms with van der Waals surface area (Å²) in [4.78, 5) is 27.4. The van der Waals surface area contributed by atoms with Gasteiger partial charge in [0.2, 0.25) is 6.79 Å². The third kappa shape index (κ3) is 3.06. The van der Waals surface area contributed by atoms with Gasteiger partial charge >= 0.3 is 0 Å². The van der Waals surface area contributed by atoms with Crippen molar-refractivity contribution in [2.45, 2.75) is 24.9 Å². The van der Waals surface area contributed by atoms with E-state index in [9.17, 15) is 9.59 Å². The standard InChI is InChI=1S/C22H21NO6/c1-26-15-3-5-18-16(11-15)17(24)12-22(29-18)6-8-23(9-7-22)21(25)14-2-4-19-20(10-14)28-13-27-19/h2-5,10-11H,6-9,12-13H2,1H3. The fraction of sp³-hybridized carbons (Fsp3) is 0.364. The summed E-state index contributed by atoms with van der Waals surface area (Å²) in [6, 6.07) is 10.5. The monoisotopic (exact) mass is 395 g/mol. The Morgan fingerprint density at radius 1 is 1.03 bits per heavy atom. The first-order valence-electron chi connectivity index (χ1n) is 9.66. The lowest BCUT2D eigenvalue weighted by Gasteiger charge is -2.44. The molecule has 150 valence electrons. The molecule has 0 aliphatic carbocycles. The molecule has 0 atom stereocenters. The summed E-state index contributed by atoms with van der Waals surface area (Å²) in [6.07, 6.45) is 1.54. The van der Waals surface area contributed by atoms with Gasteiger partial charge in [0.25, 0.3) is 5.91 Å². The molecular formula is C22H21NO6. The zero-order valence-corrected chi connectivity index (χ0v) is 16.1. The fourth-order valence-corrected chi connectivity index (χ4v) is 4.21. The Morgan fingerprint density at radius 3 is 2.59 bits per heavy atom. The van der Waals surface area contributed by atoms with Crippen LogP contribution >= 0.6 is 0 Å². The summed E-state index contributed by atoms with van der Waals surface area (Å²) < 4.78 is 22.2. The molecule has 0 bridgehead atoms. The van der Waals surface area contributed by atoms with E-state index in [1.807, 2.05) is 0 Å². The SMILES string of the molecule is COc1ccc2c(c1)C(=O)CC1(CCN(C(=O)c3ccc4c(c3)OCO4)CC1)O2. The number of nitrogens with zero attached hydrogens (tertiary/aromatic N) is 1. The number of carbonyl (C=O) groups is 2. The van der Waals surface area contributed by atoms with Crippen molar-refractivity contribution in [1.82, 2.24) is 4.90 Å². The van der Waals surface area contributed by atoms with Gasteiger partial charge in [-0.25, -0.2) is 0 Å². The van der Waals surface area contributed by atoms with Crippen LogP contribution in [0, 0.1) is 0 Å². The number of rotatable bonds is 2. The average molecular weight is 395 g/mol. The molecule has 7 nitrogen and oxygen atoms in total. The molecule has 1 amide bonds. The Hall–Kier alpha value is -3.22. The van der Waals surface area contributed by atoms with Gasteiger partial charge in [-0.05, 0) is 36.4 Å². The van der Waals surface area contributed by atoms with Crippen LogP contribution in [0.4, 0.5) is 0 Å². The highest BCUT2D eigenvalue weighted by atomic mass is 16.7. The fourth-order valence-electron chi connectivity index (χ4n) is 4.21. The van der Waals surface area contributed by atoms with Crippen LogP contribution in [0.1, 0.15) is 40.0 Å². The van der Waals surface area contributed by atoms with Crippen molar-refractivity contribution >= 4 is 11.7 Å². The lowest BCUT2D eigenvalue weighted by Crippen LogP contribution is -2.52. The maximum atomic E-state index is 12.9. The highest BCUT2D eigenvalue weighted by molar-refractivity contribution is 6.01. The summed E-state index contributed by atoms with van der Waals surface area (Å²) in [5.74, 6) is 2.49. The molecule has 3 aliphatic rings. The van der Waals surface area contributed by atoms with Crippen molar-refractivity contribution in [2.75, 3.05) is 27.0 Å². The van der Waals surface area contributed by atoms with Gasteiger partial charge in [0.05, 0.1) is 19.1 Å². The van der Waals surface area contributed by atoms with Crippen molar-refractivity contribution < 1.29 is 28.5 Å². The Labute approximate surface area is 168 Å². The molecule has 29 heavy (non-hydrogen) atoms. The zero-order valence-electron chi connectivity index (χ0n) is 16.1. The van der Waals surface area contributed by atoms with E-state index in [1.165, 1.54) is 0 Å². The van der Waals surface area contributed by atoms with E-state index in [-0.39, 0.29) is 18.5 Å². The molecule has 0 aromatic heterocycles. The lowest BCUT2D eigenvalue weighted by molar-refractivity contribution is -0.00577. The normalized spacial score (nSPS) is 18.9. The minimum absolute atomic E-state index is 0.0505. The van der Waals surface area contributed by atoms with E-state index >= 15 is 0 Å². The molecule has 7 heteroatoms. The minimum atomic E-state index is -0.551. The van der Waals surface area contributed by atoms with Crippen LogP contribution in [-0.4, -0.2) is 49.2 Å². The number of methoxy groups -OCH3 is 1. The van der Waals surface area contributed by atoms with E-state index in [2.05, 4.69) is 0 Å². The van der Waals surface area contributed by atoms with Gasteiger partial charge in [-0.3, -0.25) is 9.59 Å². The summed E-state index contributed by atoms with van der Waals surface area (Å²) in [5, 5.41) is 0. The van der Waals surface area contributed by atoms with Gasteiger partial charge in [0.15, 0.2) is 17.3 Å². The van der Waals surface area contributed by atoms with E-state index in [0.29, 0.717) is 66.5 Å². The molecule has 0 N–H and O–H groups in total. The highest BCUT2D eigenvalue weighted by Crippen LogP contribution is 2.41. The number of hydrogen-bond acceptors (Lipinski definition) is 6. The number of carbonyl (C=O) groups excluding carboxylic acids is 2. The van der Waals surface area contributed by atoms with Crippen LogP contribution in [0.25, 0.3) is 0 Å². The molecular weight excluding hydrogens is 374 g/mol. The van der Waals surface area contributed by atoms with Crippen molar-refractivity contribution in [3.05, 3.63) is 47.5 Å². The Bertz CT molecular complexity index is 993. The maximum Gasteiger partial charge on any atom is 0.253 e. The van der Waals surface area contributed by atoms with Gasteiger partial charge in [-0.2, -0.15) is 0 Å². The first-order valence-corrected chi connectivity index (χ1v) is 9.66. The Kier molecular flexibility index (Phi) is 4.12. The second-order valence-corrected chi connectivity index (χ2v) is 7.61. The molecule has 0 radical (unpaired) electrons. The largest absolute Gasteiger partial charge is 0.497 e. The van der Waals surface area contributed by atoms with Gasteiger partial charge in [0.1, 0.15) is 17.1 Å². The first-order chi connectivity index (χ1) is 14.1. The molecule has 1 saturated heterocycles. The van der Waals surface area contributed by atoms with Crippen LogP contribution in [0.15, 0.2) is 36.4 Å². The van der Waals surface area contributed by atoms with Crippen molar-refractivity contribution in [3.63, 3.8) is 0 Å². The van der Waals surface area contributed by atoms with E-state index in [1.54, 1.807) is 48.4 Å². The van der Waals surface area contributed by atoms with Crippen LogP contribution < -0.4 is 18.9 Å². The van der Waals surface area contributed by atoms with E-state index in [0.717, 1.165) is 0 Å². The number of Topliss-reactive ketones (excluding diaryl/α,β-unsaturated/α-hetero) is 1. The summed E-state index contributed by atoms with van der Waals surface area (Å²) in [5.41, 5.74) is 0.585. The molecule has 3 heterocycles. The first kappa shape index (κ1) is 17.8. The number of amides is 1. The van der Waals surface area contributed by atoms with Crippen LogP contribution in [-0.2, 0) is 0 Å². The van der Waals surface area contributed by atoms with Crippen LogP contribution in [0.3, 0.4) is 0 Å². The molecule has 3 aliphatic heterocycles. The third-order valence-corrected chi connectivity index (χ3v) is 5.88. The maximum absolute atomic E-state index is 12.9. The second-order valence-electron chi connectivity index (χ2n) is 7.61. The Balaban J connectivity index is 1.30. The number of hydrogen-bond donors (Lipinski definition) is 0. The predicted octanol–water partition coefficient (Wildman–Crippen LogP) is 3.06. The van der Waals surface area contributed by atoms with Crippen molar-refractivity contribution in [2.24, 2.45) is 0 Å². The lowest BCUT2D eigenvalue weighted by atomic mass is 9.82. The molecule has 1 spiro atoms. The van der Waals surface area contributed by atoms with Gasteiger partial charge in [-0.15, -0.1) is 0 Å². The topological polar surface area (TPSA) is 74.3 Å². The highest BCUT2D eigenvalue weighted by Gasteiger charge is 2.44. The second kappa shape index (κ2) is 6.69.